The molecule has 21 heavy (non-hydrogen) atoms. The van der Waals surface area contributed by atoms with E-state index >= 15 is 0 Å². The number of rotatable bonds is 6. The molecule has 1 N–H and O–H groups in total. The predicted molar refractivity (Wildman–Crippen MR) is 86.6 cm³/mol. The molecule has 1 aliphatic carbocycles. The van der Waals surface area contributed by atoms with E-state index in [2.05, 4.69) is 61.6 Å². The van der Waals surface area contributed by atoms with Gasteiger partial charge >= 0.3 is 0 Å². The lowest BCUT2D eigenvalue weighted by Crippen LogP contribution is -2.15. The van der Waals surface area contributed by atoms with Gasteiger partial charge in [0, 0.05) is 12.6 Å². The molecule has 2 aromatic carbocycles. The topological polar surface area (TPSA) is 21.3 Å². The summed E-state index contributed by atoms with van der Waals surface area (Å²) in [6, 6.07) is 15.8. The molecule has 0 atom stereocenters. The Morgan fingerprint density at radius 3 is 2.38 bits per heavy atom. The third-order valence-electron chi connectivity index (χ3n) is 3.92. The molecule has 1 fully saturated rings. The molecule has 0 heterocycles. The monoisotopic (exact) mass is 281 g/mol. The molecular weight excluding hydrogens is 258 g/mol. The average molecular weight is 281 g/mol. The quantitative estimate of drug-likeness (QED) is 0.859. The van der Waals surface area contributed by atoms with Crippen LogP contribution >= 0.6 is 0 Å². The van der Waals surface area contributed by atoms with Crippen LogP contribution in [0, 0.1) is 13.8 Å². The van der Waals surface area contributed by atoms with E-state index in [0.717, 1.165) is 18.3 Å². The number of hydrogen-bond acceptors (Lipinski definition) is 2. The molecule has 0 saturated heterocycles. The second-order valence-corrected chi connectivity index (χ2v) is 6.03. The average Bonchev–Trinajstić information content (AvgIpc) is 3.30. The summed E-state index contributed by atoms with van der Waals surface area (Å²) in [4.78, 5) is 0. The molecule has 2 nitrogen and oxygen atoms in total. The van der Waals surface area contributed by atoms with Crippen molar-refractivity contribution in [3.8, 4) is 5.75 Å². The zero-order valence-electron chi connectivity index (χ0n) is 12.9. The number of hydrogen-bond donors (Lipinski definition) is 1. The summed E-state index contributed by atoms with van der Waals surface area (Å²) in [5, 5.41) is 3.53. The van der Waals surface area contributed by atoms with Crippen molar-refractivity contribution in [3.63, 3.8) is 0 Å². The van der Waals surface area contributed by atoms with Crippen LogP contribution in [-0.2, 0) is 13.2 Å². The van der Waals surface area contributed by atoms with Gasteiger partial charge in [0.15, 0.2) is 0 Å². The largest absolute Gasteiger partial charge is 0.489 e. The third-order valence-corrected chi connectivity index (χ3v) is 3.92. The summed E-state index contributed by atoms with van der Waals surface area (Å²) >= 11 is 0. The predicted octanol–water partition coefficient (Wildman–Crippen LogP) is 4.13. The van der Waals surface area contributed by atoms with Gasteiger partial charge in [0.1, 0.15) is 12.4 Å². The van der Waals surface area contributed by atoms with Crippen molar-refractivity contribution in [1.29, 1.82) is 0 Å². The van der Waals surface area contributed by atoms with Gasteiger partial charge in [-0.3, -0.25) is 0 Å². The molecule has 0 aliphatic heterocycles. The summed E-state index contributed by atoms with van der Waals surface area (Å²) in [5.74, 6) is 0.972. The lowest BCUT2D eigenvalue weighted by Gasteiger charge is -2.10. The van der Waals surface area contributed by atoms with E-state index in [-0.39, 0.29) is 0 Å². The van der Waals surface area contributed by atoms with Crippen LogP contribution in [0.15, 0.2) is 42.5 Å². The molecule has 0 radical (unpaired) electrons. The van der Waals surface area contributed by atoms with Crippen LogP contribution < -0.4 is 10.1 Å². The van der Waals surface area contributed by atoms with E-state index in [1.54, 1.807) is 0 Å². The van der Waals surface area contributed by atoms with E-state index < -0.39 is 0 Å². The first-order valence-electron chi connectivity index (χ1n) is 7.72. The smallest absolute Gasteiger partial charge is 0.122 e. The number of nitrogens with one attached hydrogen (secondary N) is 1. The van der Waals surface area contributed by atoms with Crippen molar-refractivity contribution in [2.24, 2.45) is 0 Å². The molecule has 2 aromatic rings. The van der Waals surface area contributed by atoms with Crippen LogP contribution in [0.5, 0.6) is 5.75 Å². The van der Waals surface area contributed by atoms with Gasteiger partial charge in [-0.15, -0.1) is 0 Å². The fourth-order valence-electron chi connectivity index (χ4n) is 2.43. The molecule has 0 bridgehead atoms. The fraction of sp³-hybridized carbons (Fsp3) is 0.368. The number of ether oxygens (including phenoxy) is 1. The lowest BCUT2D eigenvalue weighted by molar-refractivity contribution is 0.304. The SMILES string of the molecule is Cc1ccc(OCc2ccc(CNC3CC3)cc2)c(C)c1. The van der Waals surface area contributed by atoms with Crippen molar-refractivity contribution in [2.75, 3.05) is 0 Å². The minimum absolute atomic E-state index is 0.625. The summed E-state index contributed by atoms with van der Waals surface area (Å²) in [5.41, 5.74) is 5.02. The molecule has 1 aliphatic rings. The van der Waals surface area contributed by atoms with Gasteiger partial charge in [0.05, 0.1) is 0 Å². The van der Waals surface area contributed by atoms with E-state index in [9.17, 15) is 0 Å². The molecule has 0 aromatic heterocycles. The normalized spacial score (nSPS) is 14.2. The molecule has 0 unspecified atom stereocenters. The summed E-state index contributed by atoms with van der Waals surface area (Å²) in [7, 11) is 0. The summed E-state index contributed by atoms with van der Waals surface area (Å²) in [6.07, 6.45) is 2.67. The van der Waals surface area contributed by atoms with Crippen LogP contribution in [0.1, 0.15) is 35.1 Å². The molecular formula is C19H23NO. The Kier molecular flexibility index (Phi) is 4.26. The highest BCUT2D eigenvalue weighted by Gasteiger charge is 2.19. The van der Waals surface area contributed by atoms with Crippen LogP contribution in [0.2, 0.25) is 0 Å². The van der Waals surface area contributed by atoms with E-state index in [1.165, 1.54) is 35.1 Å². The highest BCUT2D eigenvalue weighted by molar-refractivity contribution is 5.36. The maximum atomic E-state index is 5.91. The highest BCUT2D eigenvalue weighted by Crippen LogP contribution is 2.21. The molecule has 0 spiro atoms. The van der Waals surface area contributed by atoms with Gasteiger partial charge in [0.25, 0.3) is 0 Å². The first-order valence-corrected chi connectivity index (χ1v) is 7.72. The Morgan fingerprint density at radius 2 is 1.71 bits per heavy atom. The van der Waals surface area contributed by atoms with Crippen molar-refractivity contribution in [3.05, 3.63) is 64.7 Å². The van der Waals surface area contributed by atoms with Crippen LogP contribution in [0.25, 0.3) is 0 Å². The van der Waals surface area contributed by atoms with Gasteiger partial charge in [0.2, 0.25) is 0 Å². The maximum absolute atomic E-state index is 5.91. The van der Waals surface area contributed by atoms with Gasteiger partial charge in [-0.2, -0.15) is 0 Å². The Labute approximate surface area is 127 Å². The lowest BCUT2D eigenvalue weighted by atomic mass is 10.1. The third kappa shape index (κ3) is 4.08. The van der Waals surface area contributed by atoms with Crippen LogP contribution in [-0.4, -0.2) is 6.04 Å². The second-order valence-electron chi connectivity index (χ2n) is 6.03. The first kappa shape index (κ1) is 14.2. The standard InChI is InChI=1S/C19H23NO/c1-14-3-10-19(15(2)11-14)21-13-17-6-4-16(5-7-17)12-20-18-8-9-18/h3-7,10-11,18,20H,8-9,12-13H2,1-2H3. The van der Waals surface area contributed by atoms with E-state index in [1.807, 2.05) is 0 Å². The Morgan fingerprint density at radius 1 is 1.00 bits per heavy atom. The van der Waals surface area contributed by atoms with Crippen molar-refractivity contribution in [1.82, 2.24) is 5.32 Å². The second kappa shape index (κ2) is 6.31. The van der Waals surface area contributed by atoms with Gasteiger partial charge in [-0.1, -0.05) is 42.0 Å². The maximum Gasteiger partial charge on any atom is 0.122 e. The van der Waals surface area contributed by atoms with E-state index in [0.29, 0.717) is 6.61 Å². The zero-order chi connectivity index (χ0) is 14.7. The first-order chi connectivity index (χ1) is 10.2. The minimum Gasteiger partial charge on any atom is -0.489 e. The Hall–Kier alpha value is -1.80. The molecule has 2 heteroatoms. The fourth-order valence-corrected chi connectivity index (χ4v) is 2.43. The molecule has 3 rings (SSSR count). The molecule has 1 saturated carbocycles. The molecule has 110 valence electrons. The van der Waals surface area contributed by atoms with Gasteiger partial charge in [-0.25, -0.2) is 0 Å². The van der Waals surface area contributed by atoms with Crippen LogP contribution in [0.3, 0.4) is 0 Å². The minimum atomic E-state index is 0.625. The van der Waals surface area contributed by atoms with Gasteiger partial charge < -0.3 is 10.1 Å². The molecule has 0 amide bonds. The van der Waals surface area contributed by atoms with E-state index in [4.69, 9.17) is 4.74 Å². The van der Waals surface area contributed by atoms with Crippen molar-refractivity contribution < 1.29 is 4.74 Å². The van der Waals surface area contributed by atoms with Crippen molar-refractivity contribution in [2.45, 2.75) is 45.9 Å². The van der Waals surface area contributed by atoms with Crippen molar-refractivity contribution >= 4 is 0 Å². The Balaban J connectivity index is 1.54. The number of aryl methyl sites for hydroxylation is 2. The Bertz CT molecular complexity index is 599. The number of benzene rings is 2. The summed E-state index contributed by atoms with van der Waals surface area (Å²) in [6.45, 7) is 5.79. The zero-order valence-corrected chi connectivity index (χ0v) is 12.9. The summed E-state index contributed by atoms with van der Waals surface area (Å²) < 4.78 is 5.91. The van der Waals surface area contributed by atoms with Gasteiger partial charge in [-0.05, 0) is 49.4 Å². The highest BCUT2D eigenvalue weighted by atomic mass is 16.5. The van der Waals surface area contributed by atoms with Crippen LogP contribution in [0.4, 0.5) is 0 Å².